The van der Waals surface area contributed by atoms with Crippen LogP contribution in [0.2, 0.25) is 0 Å². The maximum absolute atomic E-state index is 5.28. The Morgan fingerprint density at radius 1 is 1.12 bits per heavy atom. The molecular formula is C15H13NO. The first-order valence-corrected chi connectivity index (χ1v) is 6.10. The summed E-state index contributed by atoms with van der Waals surface area (Å²) in [4.78, 5) is 3.94. The molecule has 1 heterocycles. The van der Waals surface area contributed by atoms with Crippen molar-refractivity contribution in [1.82, 2.24) is 4.98 Å². The third kappa shape index (κ3) is 1.52. The number of fused-ring (bicyclic) bond motifs is 1. The monoisotopic (exact) mass is 223 g/mol. The van der Waals surface area contributed by atoms with Crippen LogP contribution in [0.15, 0.2) is 47.3 Å². The van der Waals surface area contributed by atoms with Gasteiger partial charge >= 0.3 is 0 Å². The summed E-state index contributed by atoms with van der Waals surface area (Å²) in [5.74, 6) is 2.68. The Balaban J connectivity index is 1.65. The third-order valence-corrected chi connectivity index (χ3v) is 3.85. The van der Waals surface area contributed by atoms with E-state index in [-0.39, 0.29) is 0 Å². The molecule has 1 aromatic carbocycles. The van der Waals surface area contributed by atoms with Crippen molar-refractivity contribution in [2.75, 3.05) is 0 Å². The van der Waals surface area contributed by atoms with Crippen molar-refractivity contribution < 1.29 is 4.42 Å². The number of aromatic nitrogens is 1. The SMILES string of the molecule is C1=C(c2ccc(-c3cnco3)cc2)CC2CC12. The van der Waals surface area contributed by atoms with E-state index in [0.717, 1.165) is 23.2 Å². The lowest BCUT2D eigenvalue weighted by Gasteiger charge is -2.04. The molecule has 1 fully saturated rings. The van der Waals surface area contributed by atoms with Crippen LogP contribution in [0.25, 0.3) is 16.9 Å². The normalized spacial score (nSPS) is 25.5. The number of oxazole rings is 1. The summed E-state index contributed by atoms with van der Waals surface area (Å²) in [6.45, 7) is 0. The molecule has 17 heavy (non-hydrogen) atoms. The van der Waals surface area contributed by atoms with Crippen molar-refractivity contribution in [2.24, 2.45) is 11.8 Å². The Morgan fingerprint density at radius 2 is 1.94 bits per heavy atom. The highest BCUT2D eigenvalue weighted by atomic mass is 16.3. The summed E-state index contributed by atoms with van der Waals surface area (Å²) in [7, 11) is 0. The predicted octanol–water partition coefficient (Wildman–Crippen LogP) is 3.76. The first-order chi connectivity index (χ1) is 8.40. The molecule has 2 unspecified atom stereocenters. The molecule has 4 rings (SSSR count). The van der Waals surface area contributed by atoms with Gasteiger partial charge < -0.3 is 4.42 Å². The summed E-state index contributed by atoms with van der Waals surface area (Å²) in [5.41, 5.74) is 3.98. The second-order valence-corrected chi connectivity index (χ2v) is 5.00. The third-order valence-electron chi connectivity index (χ3n) is 3.85. The van der Waals surface area contributed by atoms with Gasteiger partial charge in [-0.05, 0) is 35.8 Å². The minimum absolute atomic E-state index is 0.833. The van der Waals surface area contributed by atoms with Crippen LogP contribution in [0.4, 0.5) is 0 Å². The molecule has 0 bridgehead atoms. The minimum atomic E-state index is 0.833. The van der Waals surface area contributed by atoms with E-state index < -0.39 is 0 Å². The fraction of sp³-hybridized carbons (Fsp3) is 0.267. The molecule has 0 saturated heterocycles. The standard InChI is InChI=1S/C15H13NO/c1-3-11(15-8-16-9-17-15)4-2-10(1)12-5-13-7-14(13)6-12/h1-5,8-9,13-14H,6-7H2. The molecule has 2 aliphatic carbocycles. The Kier molecular flexibility index (Phi) is 1.81. The molecule has 1 saturated carbocycles. The summed E-state index contributed by atoms with van der Waals surface area (Å²) < 4.78 is 5.28. The van der Waals surface area contributed by atoms with Gasteiger partial charge in [-0.1, -0.05) is 30.3 Å². The van der Waals surface area contributed by atoms with Crippen LogP contribution < -0.4 is 0 Å². The van der Waals surface area contributed by atoms with Crippen LogP contribution in [0, 0.1) is 11.8 Å². The van der Waals surface area contributed by atoms with Gasteiger partial charge in [-0.2, -0.15) is 0 Å². The van der Waals surface area contributed by atoms with E-state index in [4.69, 9.17) is 4.42 Å². The molecule has 2 nitrogen and oxygen atoms in total. The number of benzene rings is 1. The van der Waals surface area contributed by atoms with Crippen molar-refractivity contribution in [3.8, 4) is 11.3 Å². The zero-order valence-corrected chi connectivity index (χ0v) is 9.47. The fourth-order valence-electron chi connectivity index (χ4n) is 2.74. The Hall–Kier alpha value is -1.83. The van der Waals surface area contributed by atoms with Gasteiger partial charge in [0, 0.05) is 5.56 Å². The maximum atomic E-state index is 5.28. The first kappa shape index (κ1) is 9.23. The molecule has 2 aliphatic rings. The number of nitrogens with zero attached hydrogens (tertiary/aromatic N) is 1. The molecular weight excluding hydrogens is 210 g/mol. The second-order valence-electron chi connectivity index (χ2n) is 5.00. The maximum Gasteiger partial charge on any atom is 0.181 e. The van der Waals surface area contributed by atoms with Gasteiger partial charge in [0.05, 0.1) is 6.20 Å². The molecule has 2 atom stereocenters. The van der Waals surface area contributed by atoms with E-state index in [1.807, 2.05) is 0 Å². The molecule has 0 radical (unpaired) electrons. The lowest BCUT2D eigenvalue weighted by atomic mass is 10.0. The summed E-state index contributed by atoms with van der Waals surface area (Å²) >= 11 is 0. The second kappa shape index (κ2) is 3.33. The summed E-state index contributed by atoms with van der Waals surface area (Å²) in [6, 6.07) is 8.60. The summed E-state index contributed by atoms with van der Waals surface area (Å²) in [5, 5.41) is 0. The summed E-state index contributed by atoms with van der Waals surface area (Å²) in [6.07, 6.45) is 8.36. The Labute approximate surface area is 100.0 Å². The Bertz CT molecular complexity index is 565. The lowest BCUT2D eigenvalue weighted by Crippen LogP contribution is -1.83. The zero-order chi connectivity index (χ0) is 11.2. The van der Waals surface area contributed by atoms with E-state index in [0.29, 0.717) is 0 Å². The topological polar surface area (TPSA) is 26.0 Å². The highest BCUT2D eigenvalue weighted by Crippen LogP contribution is 2.52. The van der Waals surface area contributed by atoms with E-state index in [1.165, 1.54) is 30.4 Å². The van der Waals surface area contributed by atoms with Gasteiger partial charge in [-0.25, -0.2) is 4.98 Å². The molecule has 2 heteroatoms. The number of allylic oxidation sites excluding steroid dienone is 2. The van der Waals surface area contributed by atoms with E-state index in [2.05, 4.69) is 35.3 Å². The average Bonchev–Trinajstić information content (AvgIpc) is 2.86. The van der Waals surface area contributed by atoms with Gasteiger partial charge in [-0.15, -0.1) is 0 Å². The molecule has 0 spiro atoms. The minimum Gasteiger partial charge on any atom is -0.444 e. The highest BCUT2D eigenvalue weighted by molar-refractivity contribution is 5.71. The van der Waals surface area contributed by atoms with Crippen LogP contribution in [-0.2, 0) is 0 Å². The predicted molar refractivity (Wildman–Crippen MR) is 66.1 cm³/mol. The molecule has 0 aliphatic heterocycles. The molecule has 84 valence electrons. The number of hydrogen-bond donors (Lipinski definition) is 0. The van der Waals surface area contributed by atoms with E-state index in [9.17, 15) is 0 Å². The van der Waals surface area contributed by atoms with Gasteiger partial charge in [0.15, 0.2) is 12.2 Å². The highest BCUT2D eigenvalue weighted by Gasteiger charge is 2.40. The van der Waals surface area contributed by atoms with Crippen LogP contribution >= 0.6 is 0 Å². The van der Waals surface area contributed by atoms with Gasteiger partial charge in [0.2, 0.25) is 0 Å². The lowest BCUT2D eigenvalue weighted by molar-refractivity contribution is 0.572. The fourth-order valence-corrected chi connectivity index (χ4v) is 2.74. The van der Waals surface area contributed by atoms with Crippen molar-refractivity contribution >= 4 is 5.57 Å². The van der Waals surface area contributed by atoms with Gasteiger partial charge in [-0.3, -0.25) is 0 Å². The van der Waals surface area contributed by atoms with Crippen molar-refractivity contribution in [1.29, 1.82) is 0 Å². The van der Waals surface area contributed by atoms with E-state index >= 15 is 0 Å². The number of rotatable bonds is 2. The van der Waals surface area contributed by atoms with Crippen molar-refractivity contribution in [3.63, 3.8) is 0 Å². The van der Waals surface area contributed by atoms with Crippen LogP contribution in [0.1, 0.15) is 18.4 Å². The molecule has 1 aromatic heterocycles. The van der Waals surface area contributed by atoms with Gasteiger partial charge in [0.1, 0.15) is 0 Å². The largest absolute Gasteiger partial charge is 0.444 e. The first-order valence-electron chi connectivity index (χ1n) is 6.10. The molecule has 2 aromatic rings. The van der Waals surface area contributed by atoms with E-state index in [1.54, 1.807) is 6.20 Å². The Morgan fingerprint density at radius 3 is 2.59 bits per heavy atom. The zero-order valence-electron chi connectivity index (χ0n) is 9.47. The van der Waals surface area contributed by atoms with Crippen molar-refractivity contribution in [2.45, 2.75) is 12.8 Å². The van der Waals surface area contributed by atoms with Crippen LogP contribution in [0.3, 0.4) is 0 Å². The molecule has 0 amide bonds. The molecule has 0 N–H and O–H groups in total. The van der Waals surface area contributed by atoms with Gasteiger partial charge in [0.25, 0.3) is 0 Å². The van der Waals surface area contributed by atoms with Crippen LogP contribution in [-0.4, -0.2) is 4.98 Å². The number of hydrogen-bond acceptors (Lipinski definition) is 2. The van der Waals surface area contributed by atoms with Crippen LogP contribution in [0.5, 0.6) is 0 Å². The average molecular weight is 223 g/mol. The quantitative estimate of drug-likeness (QED) is 0.774. The smallest absolute Gasteiger partial charge is 0.181 e. The van der Waals surface area contributed by atoms with Crippen molar-refractivity contribution in [3.05, 3.63) is 48.5 Å².